The van der Waals surface area contributed by atoms with Crippen LogP contribution in [0.3, 0.4) is 0 Å². The Morgan fingerprint density at radius 2 is 1.80 bits per heavy atom. The van der Waals surface area contributed by atoms with Gasteiger partial charge in [-0.3, -0.25) is 0 Å². The van der Waals surface area contributed by atoms with Crippen molar-refractivity contribution in [1.82, 2.24) is 15.0 Å². The fraction of sp³-hybridized carbons (Fsp3) is 0.308. The zero-order valence-corrected chi connectivity index (χ0v) is 11.2. The number of nitrogens with zero attached hydrogens (tertiary/aromatic N) is 3. The molecule has 1 aromatic heterocycles. The summed E-state index contributed by atoms with van der Waals surface area (Å²) in [5.74, 6) is 1.26. The van der Waals surface area contributed by atoms with Gasteiger partial charge in [0.15, 0.2) is 0 Å². The molecule has 0 radical (unpaired) electrons. The largest absolute Gasteiger partial charge is 0.491 e. The van der Waals surface area contributed by atoms with Crippen molar-refractivity contribution < 1.29 is 14.2 Å². The van der Waals surface area contributed by atoms with Crippen LogP contribution in [0.25, 0.3) is 0 Å². The van der Waals surface area contributed by atoms with E-state index in [2.05, 4.69) is 20.3 Å². The number of benzene rings is 1. The minimum absolute atomic E-state index is 0.0111. The van der Waals surface area contributed by atoms with Crippen molar-refractivity contribution in [2.45, 2.75) is 6.04 Å². The predicted molar refractivity (Wildman–Crippen MR) is 71.2 cm³/mol. The van der Waals surface area contributed by atoms with E-state index in [0.29, 0.717) is 12.6 Å². The van der Waals surface area contributed by atoms with Gasteiger partial charge in [-0.05, 0) is 6.07 Å². The lowest BCUT2D eigenvalue weighted by Gasteiger charge is -2.12. The molecule has 1 aliphatic rings. The van der Waals surface area contributed by atoms with Crippen molar-refractivity contribution in [3.63, 3.8) is 0 Å². The third kappa shape index (κ3) is 2.29. The zero-order valence-electron chi connectivity index (χ0n) is 11.2. The fourth-order valence-corrected chi connectivity index (χ4v) is 2.02. The van der Waals surface area contributed by atoms with E-state index in [4.69, 9.17) is 14.2 Å². The molecule has 1 atom stereocenters. The third-order valence-electron chi connectivity index (χ3n) is 2.96. The Balaban J connectivity index is 1.85. The first-order valence-electron chi connectivity index (χ1n) is 6.12. The maximum Gasteiger partial charge on any atom is 0.324 e. The summed E-state index contributed by atoms with van der Waals surface area (Å²) < 4.78 is 15.6. The number of ether oxygens (including phenoxy) is 3. The standard InChI is InChI=1S/C13H14N4O3/c1-18-12-15-11(16-13(17-12)19-2)14-9-7-20-10-6-4-3-5-8(9)10/h3-6,9H,7H2,1-2H3,(H,14,15,16,17). The van der Waals surface area contributed by atoms with E-state index < -0.39 is 0 Å². The second-order valence-electron chi connectivity index (χ2n) is 4.18. The summed E-state index contributed by atoms with van der Waals surface area (Å²) in [6.45, 7) is 0.523. The number of methoxy groups -OCH3 is 2. The molecule has 7 nitrogen and oxygen atoms in total. The molecular weight excluding hydrogens is 260 g/mol. The highest BCUT2D eigenvalue weighted by Crippen LogP contribution is 2.33. The van der Waals surface area contributed by atoms with Crippen molar-refractivity contribution >= 4 is 5.95 Å². The molecule has 20 heavy (non-hydrogen) atoms. The molecule has 0 bridgehead atoms. The average Bonchev–Trinajstić information content (AvgIpc) is 2.90. The van der Waals surface area contributed by atoms with Gasteiger partial charge in [0.25, 0.3) is 0 Å². The van der Waals surface area contributed by atoms with E-state index in [1.54, 1.807) is 0 Å². The van der Waals surface area contributed by atoms with Gasteiger partial charge in [-0.15, -0.1) is 4.98 Å². The van der Waals surface area contributed by atoms with Crippen LogP contribution in [0.4, 0.5) is 5.95 Å². The summed E-state index contributed by atoms with van der Waals surface area (Å²) >= 11 is 0. The second-order valence-corrected chi connectivity index (χ2v) is 4.18. The van der Waals surface area contributed by atoms with Gasteiger partial charge in [0.05, 0.1) is 20.3 Å². The number of para-hydroxylation sites is 1. The van der Waals surface area contributed by atoms with Crippen LogP contribution in [0.15, 0.2) is 24.3 Å². The molecule has 0 spiro atoms. The predicted octanol–water partition coefficient (Wildman–Crippen LogP) is 1.43. The molecule has 104 valence electrons. The number of anilines is 1. The van der Waals surface area contributed by atoms with Crippen LogP contribution in [0.1, 0.15) is 11.6 Å². The summed E-state index contributed by atoms with van der Waals surface area (Å²) in [6.07, 6.45) is 0. The van der Waals surface area contributed by atoms with E-state index in [1.807, 2.05) is 24.3 Å². The number of hydrogen-bond acceptors (Lipinski definition) is 7. The molecule has 2 aromatic rings. The number of hydrogen-bond donors (Lipinski definition) is 1. The van der Waals surface area contributed by atoms with Crippen LogP contribution in [0, 0.1) is 0 Å². The first-order valence-corrected chi connectivity index (χ1v) is 6.12. The zero-order chi connectivity index (χ0) is 13.9. The van der Waals surface area contributed by atoms with Gasteiger partial charge < -0.3 is 19.5 Å². The van der Waals surface area contributed by atoms with E-state index in [1.165, 1.54) is 14.2 Å². The summed E-state index contributed by atoms with van der Waals surface area (Å²) in [5, 5.41) is 3.20. The lowest BCUT2D eigenvalue weighted by atomic mass is 10.1. The summed E-state index contributed by atoms with van der Waals surface area (Å²) in [7, 11) is 2.99. The molecule has 1 aliphatic heterocycles. The van der Waals surface area contributed by atoms with Gasteiger partial charge in [0.1, 0.15) is 12.4 Å². The van der Waals surface area contributed by atoms with Crippen LogP contribution in [0.2, 0.25) is 0 Å². The van der Waals surface area contributed by atoms with Crippen molar-refractivity contribution in [3.8, 4) is 17.8 Å². The topological polar surface area (TPSA) is 78.4 Å². The van der Waals surface area contributed by atoms with Crippen LogP contribution >= 0.6 is 0 Å². The normalized spacial score (nSPS) is 16.2. The van der Waals surface area contributed by atoms with Gasteiger partial charge in [-0.2, -0.15) is 9.97 Å². The Morgan fingerprint density at radius 1 is 1.10 bits per heavy atom. The molecular formula is C13H14N4O3. The van der Waals surface area contributed by atoms with Crippen molar-refractivity contribution in [2.75, 3.05) is 26.1 Å². The molecule has 1 aromatic carbocycles. The summed E-state index contributed by atoms with van der Waals surface area (Å²) in [4.78, 5) is 12.2. The summed E-state index contributed by atoms with van der Waals surface area (Å²) in [6, 6.07) is 8.25. The number of rotatable bonds is 4. The first-order chi connectivity index (χ1) is 9.80. The van der Waals surface area contributed by atoms with E-state index >= 15 is 0 Å². The molecule has 0 saturated carbocycles. The van der Waals surface area contributed by atoms with Crippen LogP contribution in [-0.2, 0) is 0 Å². The SMILES string of the molecule is COc1nc(NC2COc3ccccc32)nc(OC)n1. The van der Waals surface area contributed by atoms with Gasteiger partial charge in [-0.1, -0.05) is 18.2 Å². The highest BCUT2D eigenvalue weighted by atomic mass is 16.5. The van der Waals surface area contributed by atoms with Crippen molar-refractivity contribution in [2.24, 2.45) is 0 Å². The van der Waals surface area contributed by atoms with E-state index in [9.17, 15) is 0 Å². The lowest BCUT2D eigenvalue weighted by Crippen LogP contribution is -2.15. The van der Waals surface area contributed by atoms with Gasteiger partial charge >= 0.3 is 12.0 Å². The van der Waals surface area contributed by atoms with E-state index in [-0.39, 0.29) is 18.1 Å². The van der Waals surface area contributed by atoms with Gasteiger partial charge in [0, 0.05) is 5.56 Å². The molecule has 1 unspecified atom stereocenters. The quantitative estimate of drug-likeness (QED) is 0.903. The van der Waals surface area contributed by atoms with Crippen LogP contribution < -0.4 is 19.5 Å². The second kappa shape index (κ2) is 5.20. The monoisotopic (exact) mass is 274 g/mol. The smallest absolute Gasteiger partial charge is 0.324 e. The molecule has 3 rings (SSSR count). The lowest BCUT2D eigenvalue weighted by molar-refractivity contribution is 0.333. The minimum Gasteiger partial charge on any atom is -0.491 e. The Morgan fingerprint density at radius 3 is 2.50 bits per heavy atom. The maximum atomic E-state index is 5.60. The Hall–Kier alpha value is -2.57. The Labute approximate surface area is 115 Å². The minimum atomic E-state index is -0.0111. The Kier molecular flexibility index (Phi) is 3.24. The number of aromatic nitrogens is 3. The molecule has 1 N–H and O–H groups in total. The molecule has 0 fully saturated rings. The van der Waals surface area contributed by atoms with Crippen LogP contribution in [-0.4, -0.2) is 35.8 Å². The van der Waals surface area contributed by atoms with Gasteiger partial charge in [-0.25, -0.2) is 0 Å². The highest BCUT2D eigenvalue weighted by Gasteiger charge is 2.24. The Bertz CT molecular complexity index is 598. The van der Waals surface area contributed by atoms with Crippen molar-refractivity contribution in [1.29, 1.82) is 0 Å². The highest BCUT2D eigenvalue weighted by molar-refractivity contribution is 5.44. The van der Waals surface area contributed by atoms with Gasteiger partial charge in [0.2, 0.25) is 5.95 Å². The number of fused-ring (bicyclic) bond motifs is 1. The number of nitrogens with one attached hydrogen (secondary N) is 1. The molecule has 0 aliphatic carbocycles. The van der Waals surface area contributed by atoms with E-state index in [0.717, 1.165) is 11.3 Å². The molecule has 2 heterocycles. The molecule has 0 amide bonds. The van der Waals surface area contributed by atoms with Crippen LogP contribution in [0.5, 0.6) is 17.8 Å². The molecule has 7 heteroatoms. The molecule has 0 saturated heterocycles. The van der Waals surface area contributed by atoms with Crippen molar-refractivity contribution in [3.05, 3.63) is 29.8 Å². The summed E-state index contributed by atoms with van der Waals surface area (Å²) in [5.41, 5.74) is 1.07. The third-order valence-corrected chi connectivity index (χ3v) is 2.96. The average molecular weight is 274 g/mol. The first kappa shape index (κ1) is 12.5. The maximum absolute atomic E-state index is 5.60. The fourth-order valence-electron chi connectivity index (χ4n) is 2.02.